The molecular formula is C22H22N4O2S. The van der Waals surface area contributed by atoms with Crippen LogP contribution >= 0.6 is 11.8 Å². The number of aromatic nitrogens is 2. The van der Waals surface area contributed by atoms with Crippen LogP contribution in [0.25, 0.3) is 21.7 Å². The molecule has 0 atom stereocenters. The van der Waals surface area contributed by atoms with Crippen LogP contribution in [0.4, 0.5) is 0 Å². The summed E-state index contributed by atoms with van der Waals surface area (Å²) in [7, 11) is 1.67. The standard InChI is InChI=1S/C22H22N4O2S/c1-26-20(28)17-11-15-7-3-4-8-16(15)12-18(17)24-21(26)29-13-19(27)25-22(14-23)9-5-2-6-10-22/h3-4,7-8,11-12H,2,5-6,9-10,13H2,1H3,(H,25,27). The quantitative estimate of drug-likeness (QED) is 0.407. The number of fused-ring (bicyclic) bond motifs is 2. The Balaban J connectivity index is 1.57. The van der Waals surface area contributed by atoms with Gasteiger partial charge in [-0.05, 0) is 35.7 Å². The van der Waals surface area contributed by atoms with Crippen LogP contribution in [0.15, 0.2) is 46.3 Å². The Kier molecular flexibility index (Phi) is 5.29. The Labute approximate surface area is 172 Å². The minimum absolute atomic E-state index is 0.114. The Hall–Kier alpha value is -2.85. The van der Waals surface area contributed by atoms with Crippen LogP contribution in [0.3, 0.4) is 0 Å². The van der Waals surface area contributed by atoms with E-state index >= 15 is 0 Å². The van der Waals surface area contributed by atoms with Gasteiger partial charge in [-0.15, -0.1) is 0 Å². The van der Waals surface area contributed by atoms with E-state index in [-0.39, 0.29) is 17.2 Å². The number of thioether (sulfide) groups is 1. The Bertz CT molecular complexity index is 1190. The van der Waals surface area contributed by atoms with Gasteiger partial charge in [0.15, 0.2) is 5.16 Å². The first-order valence-electron chi connectivity index (χ1n) is 9.76. The van der Waals surface area contributed by atoms with E-state index in [0.29, 0.717) is 28.9 Å². The summed E-state index contributed by atoms with van der Waals surface area (Å²) in [4.78, 5) is 29.9. The molecular weight excluding hydrogens is 384 g/mol. The molecule has 0 saturated heterocycles. The van der Waals surface area contributed by atoms with Crippen molar-refractivity contribution >= 4 is 39.3 Å². The van der Waals surface area contributed by atoms with Crippen LogP contribution in [0.5, 0.6) is 0 Å². The maximum atomic E-state index is 12.8. The summed E-state index contributed by atoms with van der Waals surface area (Å²) in [5.41, 5.74) is -0.266. The summed E-state index contributed by atoms with van der Waals surface area (Å²) in [6, 6.07) is 13.9. The number of amides is 1. The van der Waals surface area contributed by atoms with Crippen LogP contribution in [-0.4, -0.2) is 26.8 Å². The molecule has 2 aromatic carbocycles. The Morgan fingerprint density at radius 2 is 1.93 bits per heavy atom. The normalized spacial score (nSPS) is 15.9. The van der Waals surface area contributed by atoms with Crippen molar-refractivity contribution in [1.82, 2.24) is 14.9 Å². The minimum Gasteiger partial charge on any atom is -0.337 e. The van der Waals surface area contributed by atoms with Gasteiger partial charge in [0.1, 0.15) is 5.54 Å². The molecule has 1 aliphatic carbocycles. The highest BCUT2D eigenvalue weighted by molar-refractivity contribution is 7.99. The van der Waals surface area contributed by atoms with Crippen molar-refractivity contribution in [3.05, 3.63) is 46.8 Å². The highest BCUT2D eigenvalue weighted by Crippen LogP contribution is 2.28. The molecule has 0 aliphatic heterocycles. The van der Waals surface area contributed by atoms with Gasteiger partial charge in [-0.2, -0.15) is 5.26 Å². The van der Waals surface area contributed by atoms with E-state index in [4.69, 9.17) is 0 Å². The summed E-state index contributed by atoms with van der Waals surface area (Å²) in [6.45, 7) is 0. The molecule has 6 nitrogen and oxygen atoms in total. The van der Waals surface area contributed by atoms with E-state index in [1.165, 1.54) is 16.3 Å². The molecule has 1 amide bonds. The topological polar surface area (TPSA) is 87.8 Å². The lowest BCUT2D eigenvalue weighted by atomic mass is 9.83. The first kappa shape index (κ1) is 19.5. The molecule has 1 aliphatic rings. The van der Waals surface area contributed by atoms with Crippen molar-refractivity contribution in [2.45, 2.75) is 42.8 Å². The van der Waals surface area contributed by atoms with E-state index in [0.717, 1.165) is 30.0 Å². The SMILES string of the molecule is Cn1c(SCC(=O)NC2(C#N)CCCCC2)nc2cc3ccccc3cc2c1=O. The summed E-state index contributed by atoms with van der Waals surface area (Å²) in [5, 5.41) is 15.5. The lowest BCUT2D eigenvalue weighted by molar-refractivity contribution is -0.120. The molecule has 1 saturated carbocycles. The molecule has 0 radical (unpaired) electrons. The van der Waals surface area contributed by atoms with Gasteiger partial charge in [-0.25, -0.2) is 4.98 Å². The molecule has 148 valence electrons. The number of carbonyl (C=O) groups is 1. The number of rotatable bonds is 4. The zero-order valence-electron chi connectivity index (χ0n) is 16.3. The van der Waals surface area contributed by atoms with Gasteiger partial charge < -0.3 is 5.32 Å². The second-order valence-electron chi connectivity index (χ2n) is 7.57. The largest absolute Gasteiger partial charge is 0.337 e. The van der Waals surface area contributed by atoms with Gasteiger partial charge in [0, 0.05) is 7.05 Å². The highest BCUT2D eigenvalue weighted by atomic mass is 32.2. The summed E-state index contributed by atoms with van der Waals surface area (Å²) in [5.74, 6) is -0.0886. The number of hydrogen-bond donors (Lipinski definition) is 1. The fourth-order valence-electron chi connectivity index (χ4n) is 3.92. The van der Waals surface area contributed by atoms with Gasteiger partial charge in [0.25, 0.3) is 5.56 Å². The van der Waals surface area contributed by atoms with Gasteiger partial charge in [-0.3, -0.25) is 14.2 Å². The lowest BCUT2D eigenvalue weighted by Gasteiger charge is -2.31. The second kappa shape index (κ2) is 7.88. The fraction of sp³-hybridized carbons (Fsp3) is 0.364. The Morgan fingerprint density at radius 1 is 1.24 bits per heavy atom. The molecule has 1 N–H and O–H groups in total. The third kappa shape index (κ3) is 3.85. The van der Waals surface area contributed by atoms with E-state index in [1.54, 1.807) is 7.05 Å². The van der Waals surface area contributed by atoms with Crippen molar-refractivity contribution in [3.63, 3.8) is 0 Å². The number of hydrogen-bond acceptors (Lipinski definition) is 5. The first-order valence-corrected chi connectivity index (χ1v) is 10.7. The maximum absolute atomic E-state index is 12.8. The molecule has 0 unspecified atom stereocenters. The van der Waals surface area contributed by atoms with Gasteiger partial charge in [0.2, 0.25) is 5.91 Å². The fourth-order valence-corrected chi connectivity index (χ4v) is 4.69. The van der Waals surface area contributed by atoms with Gasteiger partial charge in [-0.1, -0.05) is 55.3 Å². The molecule has 1 aromatic heterocycles. The summed E-state index contributed by atoms with van der Waals surface area (Å²) >= 11 is 1.22. The molecule has 3 aromatic rings. The number of nitriles is 1. The Morgan fingerprint density at radius 3 is 2.62 bits per heavy atom. The van der Waals surface area contributed by atoms with E-state index in [2.05, 4.69) is 16.4 Å². The molecule has 1 heterocycles. The van der Waals surface area contributed by atoms with Gasteiger partial charge in [0.05, 0.1) is 22.7 Å². The molecule has 7 heteroatoms. The summed E-state index contributed by atoms with van der Waals surface area (Å²) < 4.78 is 1.48. The predicted octanol–water partition coefficient (Wildman–Crippen LogP) is 3.52. The average Bonchev–Trinajstić information content (AvgIpc) is 2.75. The van der Waals surface area contributed by atoms with Crippen LogP contribution in [0.2, 0.25) is 0 Å². The van der Waals surface area contributed by atoms with Crippen molar-refractivity contribution < 1.29 is 4.79 Å². The van der Waals surface area contributed by atoms with E-state index in [9.17, 15) is 14.9 Å². The summed E-state index contributed by atoms with van der Waals surface area (Å²) in [6.07, 6.45) is 4.40. The van der Waals surface area contributed by atoms with Crippen LogP contribution in [0.1, 0.15) is 32.1 Å². The van der Waals surface area contributed by atoms with Crippen molar-refractivity contribution in [2.24, 2.45) is 7.05 Å². The van der Waals surface area contributed by atoms with Crippen LogP contribution in [-0.2, 0) is 11.8 Å². The highest BCUT2D eigenvalue weighted by Gasteiger charge is 2.33. The average molecular weight is 407 g/mol. The van der Waals surface area contributed by atoms with E-state index in [1.807, 2.05) is 36.4 Å². The van der Waals surface area contributed by atoms with E-state index < -0.39 is 5.54 Å². The first-order chi connectivity index (χ1) is 14.0. The van der Waals surface area contributed by atoms with Crippen molar-refractivity contribution in [2.75, 3.05) is 5.75 Å². The number of nitrogens with one attached hydrogen (secondary N) is 1. The van der Waals surface area contributed by atoms with Crippen LogP contribution < -0.4 is 10.9 Å². The molecule has 29 heavy (non-hydrogen) atoms. The third-order valence-corrected chi connectivity index (χ3v) is 6.56. The molecule has 0 bridgehead atoms. The number of nitrogens with zero attached hydrogens (tertiary/aromatic N) is 3. The van der Waals surface area contributed by atoms with Crippen molar-refractivity contribution in [1.29, 1.82) is 5.26 Å². The zero-order valence-corrected chi connectivity index (χ0v) is 17.1. The molecule has 4 rings (SSSR count). The second-order valence-corrected chi connectivity index (χ2v) is 8.51. The number of carbonyl (C=O) groups excluding carboxylic acids is 1. The van der Waals surface area contributed by atoms with Crippen molar-refractivity contribution in [3.8, 4) is 6.07 Å². The maximum Gasteiger partial charge on any atom is 0.261 e. The van der Waals surface area contributed by atoms with Gasteiger partial charge >= 0.3 is 0 Å². The minimum atomic E-state index is -0.752. The monoisotopic (exact) mass is 406 g/mol. The lowest BCUT2D eigenvalue weighted by Crippen LogP contribution is -2.49. The number of benzene rings is 2. The zero-order chi connectivity index (χ0) is 20.4. The van der Waals surface area contributed by atoms with Crippen LogP contribution in [0, 0.1) is 11.3 Å². The smallest absolute Gasteiger partial charge is 0.261 e. The third-order valence-electron chi connectivity index (χ3n) is 5.53. The predicted molar refractivity (Wildman–Crippen MR) is 115 cm³/mol. The molecule has 1 fully saturated rings. The molecule has 0 spiro atoms.